The zero-order valence-corrected chi connectivity index (χ0v) is 18.7. The van der Waals surface area contributed by atoms with Crippen molar-refractivity contribution < 1.29 is 14.3 Å². The van der Waals surface area contributed by atoms with Gasteiger partial charge in [0.05, 0.1) is 7.11 Å². The van der Waals surface area contributed by atoms with Crippen LogP contribution in [0.3, 0.4) is 0 Å². The maximum Gasteiger partial charge on any atom is 0.251 e. The number of aliphatic imine (C=N–C) groups is 1. The van der Waals surface area contributed by atoms with Crippen LogP contribution >= 0.6 is 0 Å². The van der Waals surface area contributed by atoms with Crippen LogP contribution in [0.5, 0.6) is 5.75 Å². The van der Waals surface area contributed by atoms with E-state index >= 15 is 0 Å². The number of carbonyl (C=O) groups is 2. The summed E-state index contributed by atoms with van der Waals surface area (Å²) in [5.41, 5.74) is 0.565. The average molecular weight is 430 g/mol. The minimum atomic E-state index is -0.142. The number of hydrogen-bond acceptors (Lipinski definition) is 4. The first kappa shape index (κ1) is 22.9. The van der Waals surface area contributed by atoms with E-state index in [1.807, 2.05) is 4.90 Å². The predicted molar refractivity (Wildman–Crippen MR) is 121 cm³/mol. The van der Waals surface area contributed by atoms with Gasteiger partial charge in [-0.2, -0.15) is 0 Å². The van der Waals surface area contributed by atoms with Crippen molar-refractivity contribution in [2.24, 2.45) is 10.9 Å². The number of methoxy groups -OCH3 is 1. The third-order valence-electron chi connectivity index (χ3n) is 6.05. The van der Waals surface area contributed by atoms with Crippen LogP contribution in [-0.4, -0.2) is 69.1 Å². The van der Waals surface area contributed by atoms with Gasteiger partial charge in [-0.15, -0.1) is 0 Å². The first-order valence-corrected chi connectivity index (χ1v) is 11.3. The van der Waals surface area contributed by atoms with Crippen LogP contribution in [0, 0.1) is 5.92 Å². The molecule has 8 heteroatoms. The summed E-state index contributed by atoms with van der Waals surface area (Å²) in [5.74, 6) is 1.75. The fraction of sp³-hybridized carbons (Fsp3) is 0.609. The number of hydrogen-bond donors (Lipinski definition) is 3. The maximum absolute atomic E-state index is 12.7. The van der Waals surface area contributed by atoms with Crippen molar-refractivity contribution in [1.29, 1.82) is 0 Å². The van der Waals surface area contributed by atoms with Gasteiger partial charge in [0.2, 0.25) is 5.91 Å². The second-order valence-electron chi connectivity index (χ2n) is 8.24. The predicted octanol–water partition coefficient (Wildman–Crippen LogP) is 1.77. The highest BCUT2D eigenvalue weighted by molar-refractivity contribution is 5.94. The summed E-state index contributed by atoms with van der Waals surface area (Å²) < 4.78 is 5.16. The van der Waals surface area contributed by atoms with Crippen LogP contribution in [-0.2, 0) is 4.79 Å². The Labute approximate surface area is 184 Å². The van der Waals surface area contributed by atoms with E-state index in [2.05, 4.69) is 20.9 Å². The van der Waals surface area contributed by atoms with Crippen molar-refractivity contribution in [1.82, 2.24) is 20.9 Å². The van der Waals surface area contributed by atoms with Gasteiger partial charge in [0.25, 0.3) is 5.91 Å². The van der Waals surface area contributed by atoms with E-state index in [0.717, 1.165) is 32.4 Å². The first-order chi connectivity index (χ1) is 15.1. The molecule has 1 unspecified atom stereocenters. The quantitative estimate of drug-likeness (QED) is 0.349. The third-order valence-corrected chi connectivity index (χ3v) is 6.05. The van der Waals surface area contributed by atoms with Crippen molar-refractivity contribution in [3.8, 4) is 5.75 Å². The molecular weight excluding hydrogens is 394 g/mol. The van der Waals surface area contributed by atoms with Gasteiger partial charge < -0.3 is 25.6 Å². The molecule has 1 atom stereocenters. The van der Waals surface area contributed by atoms with Crippen LogP contribution in [0.2, 0.25) is 0 Å². The highest BCUT2D eigenvalue weighted by atomic mass is 16.5. The molecule has 0 radical (unpaired) electrons. The Balaban J connectivity index is 1.37. The lowest BCUT2D eigenvalue weighted by Crippen LogP contribution is -2.47. The number of rotatable bonds is 7. The fourth-order valence-corrected chi connectivity index (χ4v) is 4.30. The number of guanidine groups is 1. The van der Waals surface area contributed by atoms with E-state index in [1.165, 1.54) is 19.3 Å². The van der Waals surface area contributed by atoms with Crippen LogP contribution in [0.4, 0.5) is 0 Å². The first-order valence-electron chi connectivity index (χ1n) is 11.3. The molecule has 1 aromatic rings. The molecule has 0 spiro atoms. The van der Waals surface area contributed by atoms with Crippen LogP contribution in [0.15, 0.2) is 29.3 Å². The minimum Gasteiger partial charge on any atom is -0.497 e. The lowest BCUT2D eigenvalue weighted by Gasteiger charge is -2.26. The Morgan fingerprint density at radius 2 is 1.90 bits per heavy atom. The van der Waals surface area contributed by atoms with Crippen molar-refractivity contribution in [2.45, 2.75) is 44.6 Å². The van der Waals surface area contributed by atoms with Crippen molar-refractivity contribution in [3.05, 3.63) is 29.8 Å². The molecule has 31 heavy (non-hydrogen) atoms. The average Bonchev–Trinajstić information content (AvgIpc) is 3.29. The van der Waals surface area contributed by atoms with Gasteiger partial charge in [-0.3, -0.25) is 14.6 Å². The zero-order chi connectivity index (χ0) is 22.1. The van der Waals surface area contributed by atoms with Crippen LogP contribution in [0.1, 0.15) is 48.9 Å². The van der Waals surface area contributed by atoms with Gasteiger partial charge in [0.15, 0.2) is 5.96 Å². The summed E-state index contributed by atoms with van der Waals surface area (Å²) in [7, 11) is 3.30. The topological polar surface area (TPSA) is 95.1 Å². The molecule has 1 saturated carbocycles. The molecule has 0 aromatic heterocycles. The van der Waals surface area contributed by atoms with Crippen LogP contribution in [0.25, 0.3) is 0 Å². The maximum atomic E-state index is 12.7. The Morgan fingerprint density at radius 3 is 2.65 bits per heavy atom. The van der Waals surface area contributed by atoms with Crippen LogP contribution < -0.4 is 20.7 Å². The zero-order valence-electron chi connectivity index (χ0n) is 18.7. The molecule has 1 heterocycles. The smallest absolute Gasteiger partial charge is 0.251 e. The largest absolute Gasteiger partial charge is 0.497 e. The highest BCUT2D eigenvalue weighted by Gasteiger charge is 2.31. The molecule has 2 amide bonds. The molecule has 2 fully saturated rings. The molecule has 3 rings (SSSR count). The van der Waals surface area contributed by atoms with Crippen molar-refractivity contribution >= 4 is 17.8 Å². The third kappa shape index (κ3) is 6.60. The molecule has 3 N–H and O–H groups in total. The molecular formula is C23H35N5O3. The normalized spacial score (nSPS) is 19.7. The van der Waals surface area contributed by atoms with E-state index in [0.29, 0.717) is 36.3 Å². The van der Waals surface area contributed by atoms with Gasteiger partial charge in [0, 0.05) is 50.7 Å². The second kappa shape index (κ2) is 11.6. The lowest BCUT2D eigenvalue weighted by molar-refractivity contribution is -0.135. The number of carbonyl (C=O) groups excluding carboxylic acids is 2. The molecule has 1 aliphatic carbocycles. The molecule has 8 nitrogen and oxygen atoms in total. The Hall–Kier alpha value is -2.77. The second-order valence-corrected chi connectivity index (χ2v) is 8.24. The summed E-state index contributed by atoms with van der Waals surface area (Å²) >= 11 is 0. The molecule has 2 aliphatic rings. The number of nitrogens with zero attached hydrogens (tertiary/aromatic N) is 2. The molecule has 170 valence electrons. The standard InChI is InChI=1S/C23H35N5O3/c1-24-23(26-13-12-25-21(29)18-9-6-10-20(15-18)31-2)27-19-11-14-28(16-19)22(30)17-7-4-3-5-8-17/h6,9-10,15,17,19H,3-5,7-8,11-14,16H2,1-2H3,(H,25,29)(H2,24,26,27). The Kier molecular flexibility index (Phi) is 8.55. The fourth-order valence-electron chi connectivity index (χ4n) is 4.30. The van der Waals surface area contributed by atoms with Crippen molar-refractivity contribution in [2.75, 3.05) is 40.3 Å². The van der Waals surface area contributed by atoms with E-state index in [4.69, 9.17) is 4.74 Å². The monoisotopic (exact) mass is 429 g/mol. The molecule has 1 aromatic carbocycles. The highest BCUT2D eigenvalue weighted by Crippen LogP contribution is 2.26. The summed E-state index contributed by atoms with van der Waals surface area (Å²) in [4.78, 5) is 31.3. The van der Waals surface area contributed by atoms with Gasteiger partial charge >= 0.3 is 0 Å². The Morgan fingerprint density at radius 1 is 1.13 bits per heavy atom. The molecule has 1 aliphatic heterocycles. The number of likely N-dealkylation sites (tertiary alicyclic amines) is 1. The van der Waals surface area contributed by atoms with Gasteiger partial charge in [-0.05, 0) is 37.5 Å². The number of amides is 2. The van der Waals surface area contributed by atoms with Gasteiger partial charge in [-0.25, -0.2) is 0 Å². The number of benzene rings is 1. The summed E-state index contributed by atoms with van der Waals surface area (Å²) in [6.45, 7) is 2.55. The molecule has 0 bridgehead atoms. The number of ether oxygens (including phenoxy) is 1. The van der Waals surface area contributed by atoms with Gasteiger partial charge in [-0.1, -0.05) is 25.3 Å². The van der Waals surface area contributed by atoms with E-state index in [-0.39, 0.29) is 17.9 Å². The van der Waals surface area contributed by atoms with E-state index in [1.54, 1.807) is 38.4 Å². The van der Waals surface area contributed by atoms with E-state index in [9.17, 15) is 9.59 Å². The lowest BCUT2D eigenvalue weighted by atomic mass is 9.88. The SMILES string of the molecule is CN=C(NCCNC(=O)c1cccc(OC)c1)NC1CCN(C(=O)C2CCCCC2)C1. The van der Waals surface area contributed by atoms with Crippen molar-refractivity contribution in [3.63, 3.8) is 0 Å². The minimum absolute atomic E-state index is 0.142. The number of nitrogens with one attached hydrogen (secondary N) is 3. The summed E-state index contributed by atoms with van der Waals surface area (Å²) in [5, 5.41) is 9.52. The summed E-state index contributed by atoms with van der Waals surface area (Å²) in [6.07, 6.45) is 6.62. The summed E-state index contributed by atoms with van der Waals surface area (Å²) in [6, 6.07) is 7.27. The molecule has 1 saturated heterocycles. The van der Waals surface area contributed by atoms with Gasteiger partial charge in [0.1, 0.15) is 5.75 Å². The Bertz CT molecular complexity index is 776. The van der Waals surface area contributed by atoms with E-state index < -0.39 is 0 Å².